The summed E-state index contributed by atoms with van der Waals surface area (Å²) in [6.07, 6.45) is 5.15. The van der Waals surface area contributed by atoms with Crippen LogP contribution in [0.5, 0.6) is 0 Å². The molecule has 2 N–H and O–H groups in total. The second-order valence-corrected chi connectivity index (χ2v) is 3.81. The second-order valence-electron chi connectivity index (χ2n) is 3.81. The van der Waals surface area contributed by atoms with Crippen molar-refractivity contribution in [1.29, 1.82) is 0 Å². The number of H-pyrrole nitrogens is 1. The summed E-state index contributed by atoms with van der Waals surface area (Å²) in [6, 6.07) is 6.24. The predicted octanol–water partition coefficient (Wildman–Crippen LogP) is 1.94. The molecule has 76 valence electrons. The molecule has 2 aromatic rings. The molecule has 0 bridgehead atoms. The normalized spacial score (nSPS) is 16.7. The Bertz CT molecular complexity index is 477. The van der Waals surface area contributed by atoms with Gasteiger partial charge in [0.1, 0.15) is 5.65 Å². The number of aromatic amines is 1. The Morgan fingerprint density at radius 1 is 1.33 bits per heavy atom. The van der Waals surface area contributed by atoms with Crippen LogP contribution in [0.2, 0.25) is 0 Å². The second kappa shape index (κ2) is 3.51. The minimum absolute atomic E-state index is 0.970. The number of fused-ring (bicyclic) bond motifs is 1. The molecule has 0 spiro atoms. The first-order valence-corrected chi connectivity index (χ1v) is 5.27. The quantitative estimate of drug-likeness (QED) is 0.737. The van der Waals surface area contributed by atoms with Crippen molar-refractivity contribution in [3.8, 4) is 0 Å². The molecular weight excluding hydrogens is 186 g/mol. The van der Waals surface area contributed by atoms with Gasteiger partial charge < -0.3 is 10.3 Å². The molecule has 3 nitrogen and oxygen atoms in total. The molecule has 0 saturated heterocycles. The summed E-state index contributed by atoms with van der Waals surface area (Å²) >= 11 is 0. The number of nitrogens with one attached hydrogen (secondary N) is 2. The van der Waals surface area contributed by atoms with Crippen LogP contribution in [0.1, 0.15) is 12.1 Å². The molecule has 0 aliphatic carbocycles. The van der Waals surface area contributed by atoms with Crippen LogP contribution in [0.25, 0.3) is 16.6 Å². The van der Waals surface area contributed by atoms with E-state index in [1.54, 1.807) is 0 Å². The van der Waals surface area contributed by atoms with Gasteiger partial charge in [0.05, 0.1) is 0 Å². The van der Waals surface area contributed by atoms with Gasteiger partial charge in [0, 0.05) is 23.8 Å². The summed E-state index contributed by atoms with van der Waals surface area (Å²) in [4.78, 5) is 7.66. The third-order valence-electron chi connectivity index (χ3n) is 2.80. The minimum Gasteiger partial charge on any atom is -0.339 e. The van der Waals surface area contributed by atoms with Crippen molar-refractivity contribution in [1.82, 2.24) is 15.3 Å². The zero-order chi connectivity index (χ0) is 10.1. The molecule has 1 aliphatic rings. The van der Waals surface area contributed by atoms with Crippen molar-refractivity contribution < 1.29 is 0 Å². The van der Waals surface area contributed by atoms with Crippen LogP contribution in [-0.2, 0) is 0 Å². The average molecular weight is 199 g/mol. The Hall–Kier alpha value is -1.61. The molecule has 2 aromatic heterocycles. The van der Waals surface area contributed by atoms with Crippen LogP contribution < -0.4 is 5.32 Å². The molecule has 0 unspecified atom stereocenters. The monoisotopic (exact) mass is 199 g/mol. The van der Waals surface area contributed by atoms with E-state index < -0.39 is 0 Å². The molecular formula is C12H13N3. The van der Waals surface area contributed by atoms with Crippen molar-refractivity contribution >= 4 is 16.6 Å². The van der Waals surface area contributed by atoms with Gasteiger partial charge in [0.2, 0.25) is 0 Å². The van der Waals surface area contributed by atoms with Crippen molar-refractivity contribution in [2.24, 2.45) is 0 Å². The Labute approximate surface area is 88.2 Å². The summed E-state index contributed by atoms with van der Waals surface area (Å²) in [5.41, 5.74) is 3.59. The van der Waals surface area contributed by atoms with E-state index in [-0.39, 0.29) is 0 Å². The lowest BCUT2D eigenvalue weighted by atomic mass is 10.1. The van der Waals surface area contributed by atoms with Crippen LogP contribution in [0.15, 0.2) is 30.5 Å². The van der Waals surface area contributed by atoms with Crippen LogP contribution in [0.3, 0.4) is 0 Å². The van der Waals surface area contributed by atoms with Gasteiger partial charge in [0.25, 0.3) is 0 Å². The van der Waals surface area contributed by atoms with Gasteiger partial charge in [0.15, 0.2) is 0 Å². The van der Waals surface area contributed by atoms with E-state index in [0.717, 1.165) is 25.2 Å². The van der Waals surface area contributed by atoms with Crippen molar-refractivity contribution in [3.63, 3.8) is 0 Å². The molecule has 0 radical (unpaired) electrons. The van der Waals surface area contributed by atoms with Crippen LogP contribution >= 0.6 is 0 Å². The fourth-order valence-electron chi connectivity index (χ4n) is 2.00. The maximum absolute atomic E-state index is 4.30. The Kier molecular flexibility index (Phi) is 2.03. The van der Waals surface area contributed by atoms with Gasteiger partial charge in [-0.2, -0.15) is 0 Å². The van der Waals surface area contributed by atoms with Gasteiger partial charge in [-0.15, -0.1) is 0 Å². The van der Waals surface area contributed by atoms with Crippen LogP contribution in [0, 0.1) is 0 Å². The molecule has 0 aromatic carbocycles. The van der Waals surface area contributed by atoms with Gasteiger partial charge in [-0.3, -0.25) is 0 Å². The highest BCUT2D eigenvalue weighted by Crippen LogP contribution is 2.22. The molecule has 0 saturated carbocycles. The predicted molar refractivity (Wildman–Crippen MR) is 61.6 cm³/mol. The van der Waals surface area contributed by atoms with Crippen LogP contribution in [0.4, 0.5) is 0 Å². The van der Waals surface area contributed by atoms with E-state index in [1.165, 1.54) is 16.7 Å². The molecule has 3 heteroatoms. The third-order valence-corrected chi connectivity index (χ3v) is 2.80. The molecule has 0 amide bonds. The molecule has 15 heavy (non-hydrogen) atoms. The summed E-state index contributed by atoms with van der Waals surface area (Å²) < 4.78 is 0. The van der Waals surface area contributed by atoms with E-state index in [9.17, 15) is 0 Å². The number of nitrogens with zero attached hydrogens (tertiary/aromatic N) is 1. The first kappa shape index (κ1) is 8.68. The van der Waals surface area contributed by atoms with Crippen molar-refractivity contribution in [2.45, 2.75) is 6.42 Å². The average Bonchev–Trinajstić information content (AvgIpc) is 2.74. The SMILES string of the molecule is C1=C(c2cc3cccnc3[nH]2)CCNC1. The van der Waals surface area contributed by atoms with Crippen molar-refractivity contribution in [2.75, 3.05) is 13.1 Å². The highest BCUT2D eigenvalue weighted by molar-refractivity contribution is 5.81. The standard InChI is InChI=1S/C12H13N3/c1-2-10-8-11(15-12(10)14-5-1)9-3-6-13-7-4-9/h1-3,5,8,13H,4,6-7H2,(H,14,15). The van der Waals surface area contributed by atoms with Crippen molar-refractivity contribution in [3.05, 3.63) is 36.2 Å². The lowest BCUT2D eigenvalue weighted by Gasteiger charge is -2.12. The Morgan fingerprint density at radius 2 is 2.33 bits per heavy atom. The zero-order valence-corrected chi connectivity index (χ0v) is 8.46. The smallest absolute Gasteiger partial charge is 0.137 e. The van der Waals surface area contributed by atoms with Gasteiger partial charge in [-0.25, -0.2) is 4.98 Å². The summed E-state index contributed by atoms with van der Waals surface area (Å²) in [7, 11) is 0. The topological polar surface area (TPSA) is 40.7 Å². The summed E-state index contributed by atoms with van der Waals surface area (Å²) in [5, 5.41) is 4.50. The number of aromatic nitrogens is 2. The maximum Gasteiger partial charge on any atom is 0.137 e. The number of hydrogen-bond acceptors (Lipinski definition) is 2. The van der Waals surface area contributed by atoms with E-state index in [0.29, 0.717) is 0 Å². The van der Waals surface area contributed by atoms with E-state index in [1.807, 2.05) is 12.3 Å². The number of hydrogen-bond donors (Lipinski definition) is 2. The largest absolute Gasteiger partial charge is 0.339 e. The zero-order valence-electron chi connectivity index (χ0n) is 8.46. The highest BCUT2D eigenvalue weighted by atomic mass is 14.9. The molecule has 0 fully saturated rings. The van der Waals surface area contributed by atoms with Gasteiger partial charge in [-0.1, -0.05) is 6.08 Å². The van der Waals surface area contributed by atoms with Gasteiger partial charge >= 0.3 is 0 Å². The molecule has 1 aliphatic heterocycles. The van der Waals surface area contributed by atoms with Crippen LogP contribution in [-0.4, -0.2) is 23.1 Å². The van der Waals surface area contributed by atoms with E-state index in [2.05, 4.69) is 33.5 Å². The lowest BCUT2D eigenvalue weighted by molar-refractivity contribution is 0.737. The molecule has 3 heterocycles. The fraction of sp³-hybridized carbons (Fsp3) is 0.250. The molecule has 3 rings (SSSR count). The number of rotatable bonds is 1. The maximum atomic E-state index is 4.30. The van der Waals surface area contributed by atoms with E-state index >= 15 is 0 Å². The molecule has 0 atom stereocenters. The first-order valence-electron chi connectivity index (χ1n) is 5.27. The first-order chi connectivity index (χ1) is 7.43. The fourth-order valence-corrected chi connectivity index (χ4v) is 2.00. The summed E-state index contributed by atoms with van der Waals surface area (Å²) in [5.74, 6) is 0. The highest BCUT2D eigenvalue weighted by Gasteiger charge is 2.08. The van der Waals surface area contributed by atoms with E-state index in [4.69, 9.17) is 0 Å². The Balaban J connectivity index is 2.07. The van der Waals surface area contributed by atoms with Gasteiger partial charge in [-0.05, 0) is 36.7 Å². The third kappa shape index (κ3) is 1.55. The Morgan fingerprint density at radius 3 is 3.13 bits per heavy atom. The number of pyridine rings is 1. The summed E-state index contributed by atoms with van der Waals surface area (Å²) in [6.45, 7) is 2.03. The lowest BCUT2D eigenvalue weighted by Crippen LogP contribution is -2.20. The minimum atomic E-state index is 0.970.